The van der Waals surface area contributed by atoms with Crippen molar-refractivity contribution < 1.29 is 30.0 Å². The summed E-state index contributed by atoms with van der Waals surface area (Å²) in [6, 6.07) is 0. The molecule has 1 unspecified atom stereocenters. The Morgan fingerprint density at radius 3 is 1.16 bits per heavy atom. The topological polar surface area (TPSA) is 115 Å². The Hall–Kier alpha value is -1.14. The Balaban J connectivity index is -0.000000394. The first-order valence-electron chi connectivity index (χ1n) is 12.5. The molecule has 0 aromatic heterocycles. The number of hydrogen-bond donors (Lipinski definition) is 4. The van der Waals surface area contributed by atoms with Crippen LogP contribution in [0.15, 0.2) is 0 Å². The normalized spacial score (nSPS) is 11.0. The SMILES string of the molecule is CC(CO)CCO.CCCCCCCCCC(=O)O.CCCCCCCCCC(=O)O. The molecular formula is C25H52O6. The van der Waals surface area contributed by atoms with Gasteiger partial charge in [0, 0.05) is 26.1 Å². The molecule has 0 heterocycles. The van der Waals surface area contributed by atoms with Crippen molar-refractivity contribution in [2.24, 2.45) is 5.92 Å². The number of hydrogen-bond acceptors (Lipinski definition) is 4. The lowest BCUT2D eigenvalue weighted by molar-refractivity contribution is -0.138. The van der Waals surface area contributed by atoms with Crippen molar-refractivity contribution in [1.29, 1.82) is 0 Å². The molecule has 6 heteroatoms. The maximum Gasteiger partial charge on any atom is 0.303 e. The Morgan fingerprint density at radius 2 is 0.935 bits per heavy atom. The molecule has 0 aromatic rings. The molecule has 188 valence electrons. The lowest BCUT2D eigenvalue weighted by Crippen LogP contribution is -2.01. The highest BCUT2D eigenvalue weighted by molar-refractivity contribution is 5.66. The standard InChI is InChI=1S/2C10H20O2.C5H12O2/c2*1-2-3-4-5-6-7-8-9-10(11)12;1-5(4-7)2-3-6/h2*2-9H2,1H3,(H,11,12);5-7H,2-4H2,1H3. The predicted octanol–water partition coefficient (Wildman–Crippen LogP) is 6.42. The first-order valence-corrected chi connectivity index (χ1v) is 12.5. The average Bonchev–Trinajstić information content (AvgIpc) is 2.73. The van der Waals surface area contributed by atoms with Crippen LogP contribution in [0.3, 0.4) is 0 Å². The summed E-state index contributed by atoms with van der Waals surface area (Å²) in [6.07, 6.45) is 18.0. The summed E-state index contributed by atoms with van der Waals surface area (Å²) < 4.78 is 0. The smallest absolute Gasteiger partial charge is 0.303 e. The minimum atomic E-state index is -0.663. The third-order valence-corrected chi connectivity index (χ3v) is 4.92. The van der Waals surface area contributed by atoms with E-state index in [2.05, 4.69) is 13.8 Å². The second-order valence-corrected chi connectivity index (χ2v) is 8.33. The summed E-state index contributed by atoms with van der Waals surface area (Å²) in [7, 11) is 0. The lowest BCUT2D eigenvalue weighted by Gasteiger charge is -2.01. The molecular weight excluding hydrogens is 396 g/mol. The summed E-state index contributed by atoms with van der Waals surface area (Å²) in [5.74, 6) is -1.07. The third-order valence-electron chi connectivity index (χ3n) is 4.92. The summed E-state index contributed by atoms with van der Waals surface area (Å²) in [5.41, 5.74) is 0. The number of rotatable bonds is 19. The van der Waals surface area contributed by atoms with E-state index in [1.54, 1.807) is 0 Å². The van der Waals surface area contributed by atoms with E-state index in [4.69, 9.17) is 20.4 Å². The van der Waals surface area contributed by atoms with Crippen molar-refractivity contribution in [3.63, 3.8) is 0 Å². The fourth-order valence-electron chi connectivity index (χ4n) is 2.78. The molecule has 31 heavy (non-hydrogen) atoms. The van der Waals surface area contributed by atoms with Gasteiger partial charge in [-0.15, -0.1) is 0 Å². The van der Waals surface area contributed by atoms with Crippen LogP contribution in [0, 0.1) is 5.92 Å². The van der Waals surface area contributed by atoms with Crippen LogP contribution in [0.1, 0.15) is 130 Å². The Labute approximate surface area is 191 Å². The number of carboxylic acid groups (broad SMARTS) is 2. The van der Waals surface area contributed by atoms with Crippen molar-refractivity contribution in [1.82, 2.24) is 0 Å². The molecule has 0 aromatic carbocycles. The minimum absolute atomic E-state index is 0.181. The zero-order valence-corrected chi connectivity index (χ0v) is 20.6. The third kappa shape index (κ3) is 43.6. The largest absolute Gasteiger partial charge is 0.481 e. The van der Waals surface area contributed by atoms with Crippen molar-refractivity contribution in [3.05, 3.63) is 0 Å². The molecule has 0 aliphatic heterocycles. The summed E-state index contributed by atoms with van der Waals surface area (Å²) in [6.45, 7) is 6.66. The molecule has 4 N–H and O–H groups in total. The van der Waals surface area contributed by atoms with Gasteiger partial charge in [-0.05, 0) is 25.2 Å². The fourth-order valence-corrected chi connectivity index (χ4v) is 2.78. The molecule has 0 rings (SSSR count). The van der Waals surface area contributed by atoms with Crippen molar-refractivity contribution in [2.75, 3.05) is 13.2 Å². The average molecular weight is 449 g/mol. The monoisotopic (exact) mass is 448 g/mol. The first kappa shape index (κ1) is 34.5. The van der Waals surface area contributed by atoms with Gasteiger partial charge in [0.15, 0.2) is 0 Å². The molecule has 0 fully saturated rings. The first-order chi connectivity index (χ1) is 14.8. The Bertz CT molecular complexity index is 332. The van der Waals surface area contributed by atoms with Crippen LogP contribution in [-0.2, 0) is 9.59 Å². The van der Waals surface area contributed by atoms with Crippen molar-refractivity contribution in [2.45, 2.75) is 130 Å². The van der Waals surface area contributed by atoms with E-state index < -0.39 is 11.9 Å². The van der Waals surface area contributed by atoms with Crippen LogP contribution in [0.5, 0.6) is 0 Å². The van der Waals surface area contributed by atoms with Crippen LogP contribution in [-0.4, -0.2) is 45.6 Å². The van der Waals surface area contributed by atoms with Crippen LogP contribution in [0.4, 0.5) is 0 Å². The molecule has 0 radical (unpaired) electrons. The van der Waals surface area contributed by atoms with Crippen LogP contribution < -0.4 is 0 Å². The van der Waals surface area contributed by atoms with Crippen LogP contribution >= 0.6 is 0 Å². The van der Waals surface area contributed by atoms with Gasteiger partial charge >= 0.3 is 11.9 Å². The predicted molar refractivity (Wildman–Crippen MR) is 128 cm³/mol. The minimum Gasteiger partial charge on any atom is -0.481 e. The Kier molecular flexibility index (Phi) is 34.5. The van der Waals surface area contributed by atoms with E-state index in [0.29, 0.717) is 19.3 Å². The summed E-state index contributed by atoms with van der Waals surface area (Å²) in [4.78, 5) is 20.3. The van der Waals surface area contributed by atoms with E-state index in [1.807, 2.05) is 6.92 Å². The van der Waals surface area contributed by atoms with Crippen LogP contribution in [0.2, 0.25) is 0 Å². The summed E-state index contributed by atoms with van der Waals surface area (Å²) >= 11 is 0. The molecule has 0 amide bonds. The number of aliphatic hydroxyl groups excluding tert-OH is 2. The zero-order valence-electron chi connectivity index (χ0n) is 20.6. The second-order valence-electron chi connectivity index (χ2n) is 8.33. The molecule has 6 nitrogen and oxygen atoms in total. The maximum atomic E-state index is 10.1. The van der Waals surface area contributed by atoms with Crippen LogP contribution in [0.25, 0.3) is 0 Å². The van der Waals surface area contributed by atoms with Gasteiger partial charge in [0.25, 0.3) is 0 Å². The quantitative estimate of drug-likeness (QED) is 0.169. The molecule has 0 aliphatic rings. The molecule has 0 saturated carbocycles. The highest BCUT2D eigenvalue weighted by Gasteiger charge is 1.97. The second kappa shape index (κ2) is 31.0. The van der Waals surface area contributed by atoms with Gasteiger partial charge in [-0.2, -0.15) is 0 Å². The van der Waals surface area contributed by atoms with Gasteiger partial charge in [0.05, 0.1) is 0 Å². The number of aliphatic carboxylic acids is 2. The van der Waals surface area contributed by atoms with Gasteiger partial charge in [0.2, 0.25) is 0 Å². The molecule has 0 spiro atoms. The molecule has 1 atom stereocenters. The van der Waals surface area contributed by atoms with E-state index in [9.17, 15) is 9.59 Å². The zero-order chi connectivity index (χ0) is 24.2. The lowest BCUT2D eigenvalue weighted by atomic mass is 10.1. The van der Waals surface area contributed by atoms with Gasteiger partial charge < -0.3 is 20.4 Å². The van der Waals surface area contributed by atoms with E-state index in [-0.39, 0.29) is 19.1 Å². The maximum absolute atomic E-state index is 10.1. The van der Waals surface area contributed by atoms with Gasteiger partial charge in [0.1, 0.15) is 0 Å². The number of carbonyl (C=O) groups is 2. The van der Waals surface area contributed by atoms with E-state index >= 15 is 0 Å². The van der Waals surface area contributed by atoms with Gasteiger partial charge in [-0.1, -0.05) is 97.8 Å². The van der Waals surface area contributed by atoms with E-state index in [1.165, 1.54) is 64.2 Å². The summed E-state index contributed by atoms with van der Waals surface area (Å²) in [5, 5.41) is 33.3. The fraction of sp³-hybridized carbons (Fsp3) is 0.920. The Morgan fingerprint density at radius 1 is 0.613 bits per heavy atom. The van der Waals surface area contributed by atoms with Crippen molar-refractivity contribution in [3.8, 4) is 0 Å². The van der Waals surface area contributed by atoms with Crippen molar-refractivity contribution >= 4 is 11.9 Å². The van der Waals surface area contributed by atoms with Gasteiger partial charge in [-0.3, -0.25) is 9.59 Å². The van der Waals surface area contributed by atoms with E-state index in [0.717, 1.165) is 25.7 Å². The molecule has 0 aliphatic carbocycles. The molecule has 0 saturated heterocycles. The van der Waals surface area contributed by atoms with Gasteiger partial charge in [-0.25, -0.2) is 0 Å². The number of carboxylic acids is 2. The number of aliphatic hydroxyl groups is 2. The molecule has 0 bridgehead atoms. The number of unbranched alkanes of at least 4 members (excludes halogenated alkanes) is 12. The highest BCUT2D eigenvalue weighted by atomic mass is 16.4. The highest BCUT2D eigenvalue weighted by Crippen LogP contribution is 2.08.